The van der Waals surface area contributed by atoms with E-state index in [2.05, 4.69) is 158 Å². The van der Waals surface area contributed by atoms with Crippen LogP contribution in [-0.2, 0) is 0 Å². The van der Waals surface area contributed by atoms with Gasteiger partial charge in [0.25, 0.3) is 0 Å². The maximum atomic E-state index is 6.85. The number of nitrogens with zero attached hydrogens (tertiary/aromatic N) is 3. The van der Waals surface area contributed by atoms with E-state index >= 15 is 0 Å². The molecule has 12 rings (SSSR count). The van der Waals surface area contributed by atoms with Crippen LogP contribution in [0.15, 0.2) is 197 Å². The van der Waals surface area contributed by atoms with Crippen LogP contribution in [0.5, 0.6) is 0 Å². The van der Waals surface area contributed by atoms with Crippen LogP contribution >= 0.6 is 0 Å². The molecule has 12 aromatic rings. The van der Waals surface area contributed by atoms with Gasteiger partial charge in [-0.15, -0.1) is 0 Å². The normalized spacial score (nSPS) is 11.8. The summed E-state index contributed by atoms with van der Waals surface area (Å²) in [6.45, 7) is 0. The average molecular weight is 742 g/mol. The van der Waals surface area contributed by atoms with E-state index < -0.39 is 0 Å². The van der Waals surface area contributed by atoms with E-state index in [1.807, 2.05) is 30.3 Å². The minimum absolute atomic E-state index is 0.570. The molecule has 0 aliphatic carbocycles. The number of para-hydroxylation sites is 2. The third kappa shape index (κ3) is 5.14. The number of furan rings is 2. The lowest BCUT2D eigenvalue weighted by atomic mass is 9.92. The van der Waals surface area contributed by atoms with E-state index in [1.165, 1.54) is 0 Å². The average Bonchev–Trinajstić information content (AvgIpc) is 3.88. The second kappa shape index (κ2) is 12.8. The van der Waals surface area contributed by atoms with E-state index in [9.17, 15) is 0 Å². The molecule has 0 bridgehead atoms. The second-order valence-corrected chi connectivity index (χ2v) is 14.7. The van der Waals surface area contributed by atoms with Crippen molar-refractivity contribution < 1.29 is 8.83 Å². The first-order valence-electron chi connectivity index (χ1n) is 19.4. The van der Waals surface area contributed by atoms with Gasteiger partial charge in [-0.1, -0.05) is 152 Å². The van der Waals surface area contributed by atoms with Crippen LogP contribution in [0.2, 0.25) is 0 Å². The van der Waals surface area contributed by atoms with E-state index in [-0.39, 0.29) is 0 Å². The summed E-state index contributed by atoms with van der Waals surface area (Å²) in [5.41, 5.74) is 10.2. The lowest BCUT2D eigenvalue weighted by molar-refractivity contribution is 0.668. The molecule has 0 spiro atoms. The Labute approximate surface area is 332 Å². The Morgan fingerprint density at radius 3 is 1.64 bits per heavy atom. The zero-order chi connectivity index (χ0) is 38.2. The van der Waals surface area contributed by atoms with Gasteiger partial charge < -0.3 is 8.83 Å². The molecule has 9 aromatic carbocycles. The van der Waals surface area contributed by atoms with Crippen LogP contribution in [0, 0.1) is 0 Å². The van der Waals surface area contributed by atoms with Crippen LogP contribution in [0.3, 0.4) is 0 Å². The fraction of sp³-hybridized carbons (Fsp3) is 0. The molecule has 0 atom stereocenters. The number of fused-ring (bicyclic) bond motifs is 9. The molecule has 3 heterocycles. The maximum absolute atomic E-state index is 6.85. The first-order chi connectivity index (χ1) is 28.7. The number of rotatable bonds is 5. The lowest BCUT2D eigenvalue weighted by Gasteiger charge is -2.13. The quantitative estimate of drug-likeness (QED) is 0.176. The number of benzene rings is 9. The molecule has 0 unspecified atom stereocenters. The van der Waals surface area contributed by atoms with Crippen molar-refractivity contribution in [2.24, 2.45) is 0 Å². The Bertz CT molecular complexity index is 3570. The number of hydrogen-bond acceptors (Lipinski definition) is 5. The fourth-order valence-corrected chi connectivity index (χ4v) is 8.56. The summed E-state index contributed by atoms with van der Waals surface area (Å²) >= 11 is 0. The predicted molar refractivity (Wildman–Crippen MR) is 237 cm³/mol. The largest absolute Gasteiger partial charge is 0.456 e. The molecule has 0 N–H and O–H groups in total. The molecular formula is C53H31N3O2. The molecule has 0 fully saturated rings. The second-order valence-electron chi connectivity index (χ2n) is 14.7. The SMILES string of the molecule is c1ccc(-c2ccc(-c3nc(-c4ccc5ccccc5c4)nc(-c4ccc(-c5cc6oc7ccccc7c6c6ccccc56)c5oc6ccccc6c45)n3)cc2)cc1. The first kappa shape index (κ1) is 32.4. The molecule has 0 amide bonds. The summed E-state index contributed by atoms with van der Waals surface area (Å²) in [5.74, 6) is 1.77. The zero-order valence-electron chi connectivity index (χ0n) is 31.1. The first-order valence-corrected chi connectivity index (χ1v) is 19.4. The van der Waals surface area contributed by atoms with E-state index in [1.54, 1.807) is 0 Å². The highest BCUT2D eigenvalue weighted by Crippen LogP contribution is 2.46. The Morgan fingerprint density at radius 1 is 0.293 bits per heavy atom. The molecule has 0 aliphatic rings. The third-order valence-corrected chi connectivity index (χ3v) is 11.3. The zero-order valence-corrected chi connectivity index (χ0v) is 31.1. The molecule has 0 saturated carbocycles. The lowest BCUT2D eigenvalue weighted by Crippen LogP contribution is -2.00. The minimum Gasteiger partial charge on any atom is -0.456 e. The van der Waals surface area contributed by atoms with Crippen LogP contribution in [0.1, 0.15) is 0 Å². The summed E-state index contributed by atoms with van der Waals surface area (Å²) in [6.07, 6.45) is 0. The van der Waals surface area contributed by atoms with Gasteiger partial charge in [-0.2, -0.15) is 0 Å². The number of aromatic nitrogens is 3. The Kier molecular flexibility index (Phi) is 7.16. The molecule has 270 valence electrons. The molecule has 58 heavy (non-hydrogen) atoms. The molecule has 0 aliphatic heterocycles. The van der Waals surface area contributed by atoms with Crippen molar-refractivity contribution in [1.82, 2.24) is 15.0 Å². The highest BCUT2D eigenvalue weighted by atomic mass is 16.3. The van der Waals surface area contributed by atoms with E-state index in [0.717, 1.165) is 104 Å². The highest BCUT2D eigenvalue weighted by molar-refractivity contribution is 6.24. The Morgan fingerprint density at radius 2 is 0.845 bits per heavy atom. The van der Waals surface area contributed by atoms with Crippen molar-refractivity contribution in [3.05, 3.63) is 188 Å². The van der Waals surface area contributed by atoms with Crippen molar-refractivity contribution in [1.29, 1.82) is 0 Å². The van der Waals surface area contributed by atoms with Gasteiger partial charge in [0.05, 0.1) is 0 Å². The Hall–Kier alpha value is -7.89. The van der Waals surface area contributed by atoms with Gasteiger partial charge in [0.15, 0.2) is 17.5 Å². The van der Waals surface area contributed by atoms with Crippen molar-refractivity contribution in [2.75, 3.05) is 0 Å². The molecule has 3 aromatic heterocycles. The summed E-state index contributed by atoms with van der Waals surface area (Å²) in [6, 6.07) is 65.0. The fourth-order valence-electron chi connectivity index (χ4n) is 8.56. The molecule has 0 saturated heterocycles. The maximum Gasteiger partial charge on any atom is 0.164 e. The monoisotopic (exact) mass is 741 g/mol. The van der Waals surface area contributed by atoms with Crippen LogP contribution in [0.4, 0.5) is 0 Å². The molecule has 5 nitrogen and oxygen atoms in total. The van der Waals surface area contributed by atoms with Crippen LogP contribution in [-0.4, -0.2) is 15.0 Å². The summed E-state index contributed by atoms with van der Waals surface area (Å²) in [5, 5.41) is 8.69. The third-order valence-electron chi connectivity index (χ3n) is 11.3. The Balaban J connectivity index is 1.10. The van der Waals surface area contributed by atoms with Crippen molar-refractivity contribution >= 4 is 65.4 Å². The number of hydrogen-bond donors (Lipinski definition) is 0. The van der Waals surface area contributed by atoms with Crippen LogP contribution < -0.4 is 0 Å². The standard InChI is InChI=1S/C53H31N3O2/c1-2-12-32(13-3-1)34-22-25-35(26-23-34)51-54-52(37-27-24-33-14-4-5-15-36(33)30-37)56-53(55-51)43-29-28-40(50-49(43)42-19-9-11-21-46(42)58-50)44-31-47-48(39-17-7-6-16-38(39)44)41-18-8-10-20-45(41)57-47/h1-31H. The minimum atomic E-state index is 0.570. The molecular weight excluding hydrogens is 711 g/mol. The smallest absolute Gasteiger partial charge is 0.164 e. The van der Waals surface area contributed by atoms with Gasteiger partial charge in [-0.05, 0) is 74.6 Å². The molecule has 0 radical (unpaired) electrons. The van der Waals surface area contributed by atoms with Gasteiger partial charge in [-0.3, -0.25) is 0 Å². The van der Waals surface area contributed by atoms with Crippen molar-refractivity contribution in [3.63, 3.8) is 0 Å². The summed E-state index contributed by atoms with van der Waals surface area (Å²) in [4.78, 5) is 15.6. The van der Waals surface area contributed by atoms with Crippen molar-refractivity contribution in [2.45, 2.75) is 0 Å². The van der Waals surface area contributed by atoms with E-state index in [0.29, 0.717) is 17.5 Å². The topological polar surface area (TPSA) is 65.0 Å². The van der Waals surface area contributed by atoms with Gasteiger partial charge in [0, 0.05) is 43.8 Å². The summed E-state index contributed by atoms with van der Waals surface area (Å²) in [7, 11) is 0. The van der Waals surface area contributed by atoms with Crippen LogP contribution in [0.25, 0.3) is 122 Å². The van der Waals surface area contributed by atoms with Gasteiger partial charge in [0.1, 0.15) is 22.3 Å². The van der Waals surface area contributed by atoms with Gasteiger partial charge in [-0.25, -0.2) is 15.0 Å². The van der Waals surface area contributed by atoms with Gasteiger partial charge in [0.2, 0.25) is 0 Å². The molecule has 5 heteroatoms. The summed E-state index contributed by atoms with van der Waals surface area (Å²) < 4.78 is 13.4. The van der Waals surface area contributed by atoms with Crippen molar-refractivity contribution in [3.8, 4) is 56.4 Å². The van der Waals surface area contributed by atoms with E-state index in [4.69, 9.17) is 23.8 Å². The highest BCUT2D eigenvalue weighted by Gasteiger charge is 2.23. The van der Waals surface area contributed by atoms with Gasteiger partial charge >= 0.3 is 0 Å². The predicted octanol–water partition coefficient (Wildman–Crippen LogP) is 14.3.